The van der Waals surface area contributed by atoms with E-state index < -0.39 is 5.41 Å². The second-order valence-electron chi connectivity index (χ2n) is 9.06. The molecule has 5 rings (SSSR count). The van der Waals surface area contributed by atoms with Crippen LogP contribution in [0.15, 0.2) is 72.0 Å². The minimum absolute atomic E-state index is 0.304. The molecule has 38 heavy (non-hydrogen) atoms. The minimum Gasteiger partial charge on any atom is -0.495 e. The number of H-pyrrole nitrogens is 1. The van der Waals surface area contributed by atoms with Gasteiger partial charge in [0.1, 0.15) is 11.6 Å². The zero-order valence-electron chi connectivity index (χ0n) is 20.7. The number of rotatable bonds is 8. The Labute approximate surface area is 233 Å². The fourth-order valence-corrected chi connectivity index (χ4v) is 5.59. The van der Waals surface area contributed by atoms with Gasteiger partial charge >= 0.3 is 0 Å². The number of aromatic nitrogens is 6. The average Bonchev–Trinajstić information content (AvgIpc) is 3.59. The monoisotopic (exact) mass is 568 g/mol. The topological polar surface area (TPSA) is 81.5 Å². The number of halogens is 3. The van der Waals surface area contributed by atoms with Crippen molar-refractivity contribution in [2.45, 2.75) is 30.2 Å². The highest BCUT2D eigenvalue weighted by Gasteiger charge is 2.30. The third-order valence-electron chi connectivity index (χ3n) is 6.33. The van der Waals surface area contributed by atoms with Crippen LogP contribution in [0.2, 0.25) is 10.0 Å². The molecular weight excluding hydrogens is 546 g/mol. The molecule has 0 bridgehead atoms. The Hall–Kier alpha value is -3.40. The Morgan fingerprint density at radius 1 is 1.03 bits per heavy atom. The second-order valence-corrected chi connectivity index (χ2v) is 10.8. The van der Waals surface area contributed by atoms with Crippen LogP contribution >= 0.6 is 35.0 Å². The zero-order chi connectivity index (χ0) is 26.9. The van der Waals surface area contributed by atoms with E-state index in [0.717, 1.165) is 33.2 Å². The lowest BCUT2D eigenvalue weighted by Gasteiger charge is -2.28. The molecule has 0 amide bonds. The molecule has 5 aromatic rings. The molecule has 7 nitrogen and oxygen atoms in total. The van der Waals surface area contributed by atoms with Gasteiger partial charge < -0.3 is 4.74 Å². The Morgan fingerprint density at radius 2 is 1.82 bits per heavy atom. The highest BCUT2D eigenvalue weighted by molar-refractivity contribution is 7.98. The van der Waals surface area contributed by atoms with E-state index in [1.807, 2.05) is 42.6 Å². The molecule has 2 heterocycles. The predicted molar refractivity (Wildman–Crippen MR) is 148 cm³/mol. The van der Waals surface area contributed by atoms with Gasteiger partial charge in [-0.05, 0) is 70.1 Å². The summed E-state index contributed by atoms with van der Waals surface area (Å²) in [5.74, 6) is 1.41. The maximum Gasteiger partial charge on any atom is 0.180 e. The number of hydrogen-bond donors (Lipinski definition) is 1. The smallest absolute Gasteiger partial charge is 0.180 e. The van der Waals surface area contributed by atoms with Crippen molar-refractivity contribution >= 4 is 35.0 Å². The van der Waals surface area contributed by atoms with Crippen molar-refractivity contribution in [1.82, 2.24) is 30.2 Å². The van der Waals surface area contributed by atoms with E-state index in [1.165, 1.54) is 12.1 Å². The number of ether oxygens (including phenoxy) is 1. The van der Waals surface area contributed by atoms with Gasteiger partial charge in [0.2, 0.25) is 0 Å². The molecule has 0 aliphatic heterocycles. The van der Waals surface area contributed by atoms with Gasteiger partial charge in [0, 0.05) is 22.4 Å². The summed E-state index contributed by atoms with van der Waals surface area (Å²) in [4.78, 5) is 4.78. The molecule has 0 aliphatic rings. The summed E-state index contributed by atoms with van der Waals surface area (Å²) < 4.78 is 21.2. The first-order valence-electron chi connectivity index (χ1n) is 11.6. The Bertz CT molecular complexity index is 1570. The van der Waals surface area contributed by atoms with Crippen LogP contribution in [-0.2, 0) is 11.2 Å². The SMILES string of the molecule is COc1ccc(C(C)(C)c2cnc(SCc3ccc(Cl)c(-c4nnn[nH]4)c3)n2-c2ccc(F)cc2)cc1Cl. The molecule has 2 aromatic heterocycles. The summed E-state index contributed by atoms with van der Waals surface area (Å²) in [6, 6.07) is 17.9. The number of methoxy groups -OCH3 is 1. The van der Waals surface area contributed by atoms with Crippen LogP contribution in [0.25, 0.3) is 17.1 Å². The van der Waals surface area contributed by atoms with Crippen LogP contribution in [-0.4, -0.2) is 37.3 Å². The maximum atomic E-state index is 13.8. The van der Waals surface area contributed by atoms with Gasteiger partial charge in [-0.1, -0.05) is 60.9 Å². The normalized spacial score (nSPS) is 11.6. The first kappa shape index (κ1) is 26.2. The molecule has 3 aromatic carbocycles. The molecule has 0 fully saturated rings. The molecule has 11 heteroatoms. The van der Waals surface area contributed by atoms with E-state index in [-0.39, 0.29) is 5.82 Å². The van der Waals surface area contributed by atoms with E-state index in [1.54, 1.807) is 31.0 Å². The van der Waals surface area contributed by atoms with Gasteiger partial charge in [-0.2, -0.15) is 0 Å². The lowest BCUT2D eigenvalue weighted by atomic mass is 9.81. The van der Waals surface area contributed by atoms with Gasteiger partial charge in [-0.3, -0.25) is 4.57 Å². The highest BCUT2D eigenvalue weighted by Crippen LogP contribution is 2.39. The summed E-state index contributed by atoms with van der Waals surface area (Å²) in [5.41, 5.74) is 3.97. The largest absolute Gasteiger partial charge is 0.495 e. The highest BCUT2D eigenvalue weighted by atomic mass is 35.5. The second kappa shape index (κ2) is 10.8. The predicted octanol–water partition coefficient (Wildman–Crippen LogP) is 7.13. The van der Waals surface area contributed by atoms with Crippen molar-refractivity contribution in [2.24, 2.45) is 0 Å². The van der Waals surface area contributed by atoms with Gasteiger partial charge in [0.25, 0.3) is 0 Å². The molecule has 0 atom stereocenters. The van der Waals surface area contributed by atoms with E-state index in [4.69, 9.17) is 32.9 Å². The maximum absolute atomic E-state index is 13.8. The van der Waals surface area contributed by atoms with E-state index >= 15 is 0 Å². The summed E-state index contributed by atoms with van der Waals surface area (Å²) in [5, 5.41) is 15.8. The minimum atomic E-state index is -0.483. The van der Waals surface area contributed by atoms with E-state index in [0.29, 0.717) is 27.4 Å². The number of nitrogens with zero attached hydrogens (tertiary/aromatic N) is 5. The van der Waals surface area contributed by atoms with Crippen molar-refractivity contribution in [3.8, 4) is 22.8 Å². The molecule has 0 spiro atoms. The van der Waals surface area contributed by atoms with Crippen LogP contribution in [0.5, 0.6) is 5.75 Å². The Balaban J connectivity index is 1.52. The number of thioether (sulfide) groups is 1. The Kier molecular flexibility index (Phi) is 7.43. The molecule has 0 unspecified atom stereocenters. The lowest BCUT2D eigenvalue weighted by Crippen LogP contribution is -2.23. The van der Waals surface area contributed by atoms with Crippen molar-refractivity contribution in [3.05, 3.63) is 99.5 Å². The Morgan fingerprint density at radius 3 is 2.50 bits per heavy atom. The van der Waals surface area contributed by atoms with Crippen molar-refractivity contribution < 1.29 is 9.13 Å². The third-order valence-corrected chi connectivity index (χ3v) is 7.98. The molecule has 0 saturated heterocycles. The van der Waals surface area contributed by atoms with Gasteiger partial charge in [0.15, 0.2) is 11.0 Å². The van der Waals surface area contributed by atoms with Crippen LogP contribution < -0.4 is 4.74 Å². The van der Waals surface area contributed by atoms with E-state index in [2.05, 4.69) is 39.0 Å². The average molecular weight is 569 g/mol. The zero-order valence-corrected chi connectivity index (χ0v) is 23.1. The summed E-state index contributed by atoms with van der Waals surface area (Å²) in [6.07, 6.45) is 1.86. The fourth-order valence-electron chi connectivity index (χ4n) is 4.19. The number of benzene rings is 3. The number of tetrazole rings is 1. The molecule has 1 N–H and O–H groups in total. The molecule has 0 radical (unpaired) electrons. The molecule has 194 valence electrons. The number of hydrogen-bond acceptors (Lipinski definition) is 6. The first-order chi connectivity index (χ1) is 18.3. The summed E-state index contributed by atoms with van der Waals surface area (Å²) >= 11 is 14.4. The third kappa shape index (κ3) is 5.14. The molecule has 0 aliphatic carbocycles. The number of aromatic amines is 1. The first-order valence-corrected chi connectivity index (χ1v) is 13.4. The number of nitrogens with one attached hydrogen (secondary N) is 1. The quantitative estimate of drug-likeness (QED) is 0.200. The van der Waals surface area contributed by atoms with Gasteiger partial charge in [-0.15, -0.1) is 5.10 Å². The van der Waals surface area contributed by atoms with Crippen molar-refractivity contribution in [3.63, 3.8) is 0 Å². The van der Waals surface area contributed by atoms with Gasteiger partial charge in [0.05, 0.1) is 29.0 Å². The number of imidazole rings is 1. The van der Waals surface area contributed by atoms with E-state index in [9.17, 15) is 4.39 Å². The van der Waals surface area contributed by atoms with Crippen LogP contribution in [0, 0.1) is 5.82 Å². The van der Waals surface area contributed by atoms with Crippen LogP contribution in [0.4, 0.5) is 4.39 Å². The lowest BCUT2D eigenvalue weighted by molar-refractivity contribution is 0.414. The van der Waals surface area contributed by atoms with Crippen LogP contribution in [0.1, 0.15) is 30.7 Å². The molecule has 0 saturated carbocycles. The summed E-state index contributed by atoms with van der Waals surface area (Å²) in [6.45, 7) is 4.21. The van der Waals surface area contributed by atoms with Crippen molar-refractivity contribution in [1.29, 1.82) is 0 Å². The summed E-state index contributed by atoms with van der Waals surface area (Å²) in [7, 11) is 1.59. The standard InChI is InChI=1S/C27H23Cl2FN6OS/c1-27(2,17-5-11-23(37-3)22(29)13-17)24-14-31-26(36(24)19-8-6-18(30)7-9-19)38-15-16-4-10-21(28)20(12-16)25-32-34-35-33-25/h4-14H,15H2,1-3H3,(H,32,33,34,35). The van der Waals surface area contributed by atoms with Crippen LogP contribution in [0.3, 0.4) is 0 Å². The van der Waals surface area contributed by atoms with Gasteiger partial charge in [-0.25, -0.2) is 14.5 Å². The van der Waals surface area contributed by atoms with Crippen molar-refractivity contribution in [2.75, 3.05) is 7.11 Å². The fraction of sp³-hybridized carbons (Fsp3) is 0.185. The molecular formula is C27H23Cl2FN6OS.